The Balaban J connectivity index is 1.39. The van der Waals surface area contributed by atoms with Crippen LogP contribution in [0.25, 0.3) is 0 Å². The molecule has 3 fully saturated rings. The third kappa shape index (κ3) is 5.19. The van der Waals surface area contributed by atoms with E-state index in [1.54, 1.807) is 0 Å². The van der Waals surface area contributed by atoms with Gasteiger partial charge in [-0.05, 0) is 64.5 Å². The highest BCUT2D eigenvalue weighted by atomic mass is 16.2. The fourth-order valence-electron chi connectivity index (χ4n) is 4.85. The molecule has 0 aromatic carbocycles. The van der Waals surface area contributed by atoms with Gasteiger partial charge in [-0.15, -0.1) is 0 Å². The second-order valence-electron chi connectivity index (χ2n) is 8.30. The normalized spacial score (nSPS) is 25.1. The highest BCUT2D eigenvalue weighted by molar-refractivity contribution is 5.87. The van der Waals surface area contributed by atoms with Crippen LogP contribution in [0.3, 0.4) is 0 Å². The highest BCUT2D eigenvalue weighted by Gasteiger charge is 2.30. The van der Waals surface area contributed by atoms with Gasteiger partial charge in [0.1, 0.15) is 6.04 Å². The van der Waals surface area contributed by atoms with Crippen molar-refractivity contribution < 1.29 is 9.59 Å². The van der Waals surface area contributed by atoms with Crippen LogP contribution in [0.15, 0.2) is 0 Å². The van der Waals surface area contributed by atoms with Gasteiger partial charge in [-0.1, -0.05) is 19.3 Å². The summed E-state index contributed by atoms with van der Waals surface area (Å²) in [5.41, 5.74) is 0. The van der Waals surface area contributed by atoms with E-state index in [1.165, 1.54) is 58.0 Å². The summed E-state index contributed by atoms with van der Waals surface area (Å²) in [5.74, 6) is 0.676. The van der Waals surface area contributed by atoms with E-state index in [2.05, 4.69) is 10.2 Å². The number of carbonyl (C=O) groups is 2. The van der Waals surface area contributed by atoms with Crippen LogP contribution < -0.4 is 5.32 Å². The maximum atomic E-state index is 12.7. The second kappa shape index (κ2) is 9.02. The Kier molecular flexibility index (Phi) is 6.74. The third-order valence-corrected chi connectivity index (χ3v) is 6.38. The second-order valence-corrected chi connectivity index (χ2v) is 8.30. The van der Waals surface area contributed by atoms with Gasteiger partial charge in [-0.2, -0.15) is 0 Å². The van der Waals surface area contributed by atoms with Gasteiger partial charge in [0.05, 0.1) is 0 Å². The predicted octanol–water partition coefficient (Wildman–Crippen LogP) is 2.55. The zero-order valence-electron chi connectivity index (χ0n) is 15.8. The molecule has 0 aromatic rings. The number of likely N-dealkylation sites (tertiary alicyclic amines) is 2. The molecule has 2 amide bonds. The molecular weight excluding hydrogens is 314 g/mol. The monoisotopic (exact) mass is 349 g/mol. The molecule has 0 aromatic heterocycles. The average molecular weight is 350 g/mol. The molecule has 2 aliphatic heterocycles. The van der Waals surface area contributed by atoms with Crippen LogP contribution >= 0.6 is 0 Å². The van der Waals surface area contributed by atoms with Gasteiger partial charge in [0, 0.05) is 25.6 Å². The number of piperidine rings is 2. The molecule has 0 radical (unpaired) electrons. The summed E-state index contributed by atoms with van der Waals surface area (Å²) in [5, 5.41) is 2.94. The number of rotatable bonds is 5. The van der Waals surface area contributed by atoms with E-state index in [9.17, 15) is 9.59 Å². The number of hydrogen-bond donors (Lipinski definition) is 1. The Morgan fingerprint density at radius 1 is 0.920 bits per heavy atom. The van der Waals surface area contributed by atoms with E-state index in [0.29, 0.717) is 18.4 Å². The molecule has 1 saturated carbocycles. The molecule has 5 nitrogen and oxygen atoms in total. The van der Waals surface area contributed by atoms with Gasteiger partial charge in [-0.3, -0.25) is 9.59 Å². The number of amides is 2. The van der Waals surface area contributed by atoms with E-state index in [0.717, 1.165) is 25.9 Å². The molecule has 1 N–H and O–H groups in total. The van der Waals surface area contributed by atoms with E-state index in [-0.39, 0.29) is 17.9 Å². The van der Waals surface area contributed by atoms with Crippen molar-refractivity contribution >= 4 is 11.8 Å². The summed E-state index contributed by atoms with van der Waals surface area (Å²) in [6.07, 6.45) is 11.6. The van der Waals surface area contributed by atoms with E-state index >= 15 is 0 Å². The minimum Gasteiger partial charge on any atom is -0.345 e. The maximum absolute atomic E-state index is 12.7. The number of nitrogens with zero attached hydrogens (tertiary/aromatic N) is 2. The molecule has 3 aliphatic rings. The molecule has 0 bridgehead atoms. The van der Waals surface area contributed by atoms with Crippen LogP contribution in [-0.4, -0.2) is 59.9 Å². The Labute approximate surface area is 152 Å². The fraction of sp³-hybridized carbons (Fsp3) is 0.900. The summed E-state index contributed by atoms with van der Waals surface area (Å²) in [6.45, 7) is 5.97. The van der Waals surface area contributed by atoms with Crippen LogP contribution in [-0.2, 0) is 9.59 Å². The van der Waals surface area contributed by atoms with Crippen molar-refractivity contribution in [2.75, 3.05) is 26.2 Å². The summed E-state index contributed by atoms with van der Waals surface area (Å²) < 4.78 is 0. The van der Waals surface area contributed by atoms with Gasteiger partial charge in [0.25, 0.3) is 0 Å². The van der Waals surface area contributed by atoms with Crippen LogP contribution in [0.4, 0.5) is 0 Å². The van der Waals surface area contributed by atoms with Crippen LogP contribution in [0.1, 0.15) is 71.1 Å². The van der Waals surface area contributed by atoms with Crippen LogP contribution in [0.5, 0.6) is 0 Å². The first-order chi connectivity index (χ1) is 12.1. The van der Waals surface area contributed by atoms with Gasteiger partial charge in [0.15, 0.2) is 0 Å². The zero-order valence-corrected chi connectivity index (χ0v) is 15.8. The van der Waals surface area contributed by atoms with Crippen molar-refractivity contribution in [2.45, 2.75) is 83.2 Å². The summed E-state index contributed by atoms with van der Waals surface area (Å²) in [7, 11) is 0. The Bertz CT molecular complexity index is 448. The zero-order chi connectivity index (χ0) is 17.6. The van der Waals surface area contributed by atoms with Crippen LogP contribution in [0.2, 0.25) is 0 Å². The Morgan fingerprint density at radius 3 is 2.20 bits per heavy atom. The molecule has 2 heterocycles. The van der Waals surface area contributed by atoms with Crippen molar-refractivity contribution in [3.63, 3.8) is 0 Å². The SMILES string of the molecule is CC(NC(=O)CC1CCCC1)C(=O)N1CCC(N2CCCCC2)CC1. The first-order valence-corrected chi connectivity index (χ1v) is 10.5. The minimum absolute atomic E-state index is 0.0518. The van der Waals surface area contributed by atoms with E-state index in [1.807, 2.05) is 11.8 Å². The molecule has 2 saturated heterocycles. The lowest BCUT2D eigenvalue weighted by molar-refractivity contribution is -0.137. The molecule has 1 atom stereocenters. The van der Waals surface area contributed by atoms with Crippen LogP contribution in [0, 0.1) is 5.92 Å². The molecule has 0 spiro atoms. The van der Waals surface area contributed by atoms with Crippen molar-refractivity contribution in [1.29, 1.82) is 0 Å². The largest absolute Gasteiger partial charge is 0.345 e. The molecule has 142 valence electrons. The molecular formula is C20H35N3O2. The Hall–Kier alpha value is -1.10. The molecule has 25 heavy (non-hydrogen) atoms. The Morgan fingerprint density at radius 2 is 1.56 bits per heavy atom. The first kappa shape index (κ1) is 18.7. The lowest BCUT2D eigenvalue weighted by Gasteiger charge is -2.40. The van der Waals surface area contributed by atoms with E-state index < -0.39 is 0 Å². The summed E-state index contributed by atoms with van der Waals surface area (Å²) >= 11 is 0. The van der Waals surface area contributed by atoms with Crippen molar-refractivity contribution in [3.05, 3.63) is 0 Å². The summed E-state index contributed by atoms with van der Waals surface area (Å²) in [6, 6.07) is 0.261. The maximum Gasteiger partial charge on any atom is 0.244 e. The van der Waals surface area contributed by atoms with Crippen molar-refractivity contribution in [3.8, 4) is 0 Å². The number of carbonyl (C=O) groups excluding carboxylic acids is 2. The standard InChI is InChI=1S/C20H35N3O2/c1-16(21-19(24)15-17-7-3-4-8-17)20(25)23-13-9-18(10-14-23)22-11-5-2-6-12-22/h16-18H,2-15H2,1H3,(H,21,24). The smallest absolute Gasteiger partial charge is 0.244 e. The first-order valence-electron chi connectivity index (χ1n) is 10.5. The average Bonchev–Trinajstić information content (AvgIpc) is 3.14. The van der Waals surface area contributed by atoms with Gasteiger partial charge in [-0.25, -0.2) is 0 Å². The molecule has 5 heteroatoms. The number of hydrogen-bond acceptors (Lipinski definition) is 3. The predicted molar refractivity (Wildman–Crippen MR) is 99.2 cm³/mol. The fourth-order valence-corrected chi connectivity index (χ4v) is 4.85. The summed E-state index contributed by atoms with van der Waals surface area (Å²) in [4.78, 5) is 29.4. The van der Waals surface area contributed by atoms with Crippen molar-refractivity contribution in [1.82, 2.24) is 15.1 Å². The third-order valence-electron chi connectivity index (χ3n) is 6.38. The molecule has 1 unspecified atom stereocenters. The quantitative estimate of drug-likeness (QED) is 0.830. The topological polar surface area (TPSA) is 52.7 Å². The van der Waals surface area contributed by atoms with E-state index in [4.69, 9.17) is 0 Å². The van der Waals surface area contributed by atoms with Gasteiger partial charge >= 0.3 is 0 Å². The minimum atomic E-state index is -0.388. The lowest BCUT2D eigenvalue weighted by atomic mass is 9.99. The molecule has 1 aliphatic carbocycles. The lowest BCUT2D eigenvalue weighted by Crippen LogP contribution is -2.52. The highest BCUT2D eigenvalue weighted by Crippen LogP contribution is 2.27. The van der Waals surface area contributed by atoms with Crippen molar-refractivity contribution in [2.24, 2.45) is 5.92 Å². The van der Waals surface area contributed by atoms with Gasteiger partial charge in [0.2, 0.25) is 11.8 Å². The number of nitrogens with one attached hydrogen (secondary N) is 1. The molecule has 3 rings (SSSR count). The van der Waals surface area contributed by atoms with Gasteiger partial charge < -0.3 is 15.1 Å².